The van der Waals surface area contributed by atoms with Gasteiger partial charge in [-0.3, -0.25) is 0 Å². The molecule has 5 heteroatoms. The highest BCUT2D eigenvalue weighted by molar-refractivity contribution is 6.30. The molecule has 1 aliphatic rings. The second kappa shape index (κ2) is 5.78. The van der Waals surface area contributed by atoms with E-state index in [1.54, 1.807) is 19.2 Å². The number of methoxy groups -OCH3 is 1. The van der Waals surface area contributed by atoms with Gasteiger partial charge in [0.2, 0.25) is 0 Å². The lowest BCUT2D eigenvalue weighted by Crippen LogP contribution is -2.26. The van der Waals surface area contributed by atoms with Crippen molar-refractivity contribution in [3.63, 3.8) is 0 Å². The normalized spacial score (nSPS) is 17.1. The Labute approximate surface area is 112 Å². The van der Waals surface area contributed by atoms with Crippen molar-refractivity contribution >= 4 is 11.6 Å². The minimum Gasteiger partial charge on any atom is -0.493 e. The predicted octanol–water partition coefficient (Wildman–Crippen LogP) is 2.27. The van der Waals surface area contributed by atoms with E-state index in [1.165, 1.54) is 6.42 Å². The fraction of sp³-hybridized carbons (Fsp3) is 0.538. The topological polar surface area (TPSA) is 64.7 Å². The Morgan fingerprint density at radius 3 is 2.72 bits per heavy atom. The minimum atomic E-state index is -0.798. The van der Waals surface area contributed by atoms with Crippen LogP contribution in [0.5, 0.6) is 11.5 Å². The smallest absolute Gasteiger partial charge is 0.167 e. The van der Waals surface area contributed by atoms with Crippen LogP contribution in [0.25, 0.3) is 0 Å². The van der Waals surface area contributed by atoms with Crippen LogP contribution in [0, 0.1) is 0 Å². The van der Waals surface area contributed by atoms with E-state index in [4.69, 9.17) is 26.8 Å². The van der Waals surface area contributed by atoms with Gasteiger partial charge in [0.05, 0.1) is 19.3 Å². The highest BCUT2D eigenvalue weighted by Gasteiger charge is 2.25. The van der Waals surface area contributed by atoms with Crippen molar-refractivity contribution in [3.8, 4) is 11.5 Å². The third kappa shape index (κ3) is 2.71. The van der Waals surface area contributed by atoms with Gasteiger partial charge in [-0.15, -0.1) is 0 Å². The molecule has 0 radical (unpaired) electrons. The molecule has 0 heterocycles. The molecule has 0 saturated heterocycles. The lowest BCUT2D eigenvalue weighted by Gasteiger charge is -2.29. The lowest BCUT2D eigenvalue weighted by atomic mass is 9.96. The number of ether oxygens (including phenoxy) is 2. The third-order valence-corrected chi connectivity index (χ3v) is 3.41. The quantitative estimate of drug-likeness (QED) is 0.862. The highest BCUT2D eigenvalue weighted by Crippen LogP contribution is 2.40. The maximum atomic E-state index is 9.94. The average Bonchev–Trinajstić information content (AvgIpc) is 2.32. The summed E-state index contributed by atoms with van der Waals surface area (Å²) in [6, 6.07) is 3.36. The first-order valence-electron chi connectivity index (χ1n) is 6.08. The summed E-state index contributed by atoms with van der Waals surface area (Å²) in [5.41, 5.74) is 6.09. The van der Waals surface area contributed by atoms with E-state index in [2.05, 4.69) is 0 Å². The monoisotopic (exact) mass is 271 g/mol. The summed E-state index contributed by atoms with van der Waals surface area (Å²) in [7, 11) is 1.55. The Kier molecular flexibility index (Phi) is 4.32. The first-order valence-corrected chi connectivity index (χ1v) is 6.45. The van der Waals surface area contributed by atoms with Crippen molar-refractivity contribution in [3.05, 3.63) is 22.7 Å². The van der Waals surface area contributed by atoms with E-state index < -0.39 is 6.10 Å². The van der Waals surface area contributed by atoms with E-state index in [0.717, 1.165) is 12.8 Å². The van der Waals surface area contributed by atoms with Crippen molar-refractivity contribution in [2.75, 3.05) is 13.7 Å². The minimum absolute atomic E-state index is 0.116. The maximum Gasteiger partial charge on any atom is 0.167 e. The van der Waals surface area contributed by atoms with Crippen LogP contribution in [0.2, 0.25) is 5.02 Å². The first kappa shape index (κ1) is 13.5. The summed E-state index contributed by atoms with van der Waals surface area (Å²) in [6.07, 6.45) is 2.64. The standard InChI is InChI=1S/C13H18ClNO3/c1-17-12-6-8(14)5-10(11(16)7-15)13(12)18-9-3-2-4-9/h5-6,9,11,16H,2-4,7,15H2,1H3. The average molecular weight is 272 g/mol. The molecule has 1 aromatic rings. The van der Waals surface area contributed by atoms with E-state index in [0.29, 0.717) is 22.1 Å². The molecule has 100 valence electrons. The molecular weight excluding hydrogens is 254 g/mol. The number of halogens is 1. The van der Waals surface area contributed by atoms with Crippen LogP contribution >= 0.6 is 11.6 Å². The molecule has 2 rings (SSSR count). The van der Waals surface area contributed by atoms with Crippen molar-refractivity contribution in [1.82, 2.24) is 0 Å². The SMILES string of the molecule is COc1cc(Cl)cc(C(O)CN)c1OC1CCC1. The fourth-order valence-electron chi connectivity index (χ4n) is 1.90. The number of rotatable bonds is 5. The summed E-state index contributed by atoms with van der Waals surface area (Å²) >= 11 is 6.00. The molecule has 0 aromatic heterocycles. The predicted molar refractivity (Wildman–Crippen MR) is 70.3 cm³/mol. The third-order valence-electron chi connectivity index (χ3n) is 3.19. The summed E-state index contributed by atoms with van der Waals surface area (Å²) in [6.45, 7) is 0.116. The number of aliphatic hydroxyl groups is 1. The Bertz CT molecular complexity index is 421. The van der Waals surface area contributed by atoms with Crippen LogP contribution in [0.3, 0.4) is 0 Å². The van der Waals surface area contributed by atoms with Crippen molar-refractivity contribution < 1.29 is 14.6 Å². The molecule has 18 heavy (non-hydrogen) atoms. The van der Waals surface area contributed by atoms with Gasteiger partial charge in [0.15, 0.2) is 11.5 Å². The Balaban J connectivity index is 2.36. The molecule has 1 unspecified atom stereocenters. The van der Waals surface area contributed by atoms with Crippen LogP contribution < -0.4 is 15.2 Å². The Morgan fingerprint density at radius 2 is 2.22 bits per heavy atom. The number of hydrogen-bond acceptors (Lipinski definition) is 4. The summed E-state index contributed by atoms with van der Waals surface area (Å²) in [5, 5.41) is 10.4. The van der Waals surface area contributed by atoms with Crippen molar-refractivity contribution in [1.29, 1.82) is 0 Å². The number of benzene rings is 1. The summed E-state index contributed by atoms with van der Waals surface area (Å²) in [4.78, 5) is 0. The van der Waals surface area contributed by atoms with E-state index in [1.807, 2.05) is 0 Å². The second-order valence-corrected chi connectivity index (χ2v) is 4.89. The largest absolute Gasteiger partial charge is 0.493 e. The van der Waals surface area contributed by atoms with Gasteiger partial charge >= 0.3 is 0 Å². The molecule has 1 aromatic carbocycles. The molecule has 1 atom stereocenters. The maximum absolute atomic E-state index is 9.94. The number of hydrogen-bond donors (Lipinski definition) is 2. The van der Waals surface area contributed by atoms with Crippen LogP contribution in [0.15, 0.2) is 12.1 Å². The van der Waals surface area contributed by atoms with Crippen LogP contribution in [0.4, 0.5) is 0 Å². The molecular formula is C13H18ClNO3. The molecule has 3 N–H and O–H groups in total. The van der Waals surface area contributed by atoms with Gasteiger partial charge in [-0.25, -0.2) is 0 Å². The molecule has 4 nitrogen and oxygen atoms in total. The van der Waals surface area contributed by atoms with Crippen LogP contribution in [0.1, 0.15) is 30.9 Å². The van der Waals surface area contributed by atoms with Gasteiger partial charge < -0.3 is 20.3 Å². The van der Waals surface area contributed by atoms with Crippen LogP contribution in [-0.2, 0) is 0 Å². The van der Waals surface area contributed by atoms with E-state index in [9.17, 15) is 5.11 Å². The van der Waals surface area contributed by atoms with Gasteiger partial charge in [-0.1, -0.05) is 11.6 Å². The zero-order valence-electron chi connectivity index (χ0n) is 10.4. The van der Waals surface area contributed by atoms with Crippen LogP contribution in [-0.4, -0.2) is 24.9 Å². The van der Waals surface area contributed by atoms with Gasteiger partial charge in [0, 0.05) is 23.2 Å². The lowest BCUT2D eigenvalue weighted by molar-refractivity contribution is 0.107. The van der Waals surface area contributed by atoms with Gasteiger partial charge in [0.25, 0.3) is 0 Å². The highest BCUT2D eigenvalue weighted by atomic mass is 35.5. The summed E-state index contributed by atoms with van der Waals surface area (Å²) < 4.78 is 11.2. The van der Waals surface area contributed by atoms with E-state index in [-0.39, 0.29) is 12.6 Å². The van der Waals surface area contributed by atoms with Gasteiger partial charge in [-0.2, -0.15) is 0 Å². The second-order valence-electron chi connectivity index (χ2n) is 4.45. The zero-order valence-corrected chi connectivity index (χ0v) is 11.1. The van der Waals surface area contributed by atoms with Gasteiger partial charge in [-0.05, 0) is 25.3 Å². The van der Waals surface area contributed by atoms with Gasteiger partial charge in [0.1, 0.15) is 0 Å². The Hall–Kier alpha value is -0.970. The molecule has 0 amide bonds. The fourth-order valence-corrected chi connectivity index (χ4v) is 2.11. The molecule has 0 aliphatic heterocycles. The zero-order chi connectivity index (χ0) is 13.1. The Morgan fingerprint density at radius 1 is 1.50 bits per heavy atom. The number of nitrogens with two attached hydrogens (primary N) is 1. The molecule has 1 fully saturated rings. The molecule has 1 aliphatic carbocycles. The van der Waals surface area contributed by atoms with Crippen molar-refractivity contribution in [2.24, 2.45) is 5.73 Å². The molecule has 0 bridgehead atoms. The first-order chi connectivity index (χ1) is 8.65. The number of aliphatic hydroxyl groups excluding tert-OH is 1. The summed E-state index contributed by atoms with van der Waals surface area (Å²) in [5.74, 6) is 1.10. The molecule has 1 saturated carbocycles. The molecule has 0 spiro atoms. The van der Waals surface area contributed by atoms with Crippen molar-refractivity contribution in [2.45, 2.75) is 31.5 Å². The van der Waals surface area contributed by atoms with E-state index >= 15 is 0 Å².